The fraction of sp³-hybridized carbons (Fsp3) is 0.571. The Morgan fingerprint density at radius 2 is 2.35 bits per heavy atom. The Morgan fingerprint density at radius 3 is 2.94 bits per heavy atom. The van der Waals surface area contributed by atoms with Gasteiger partial charge in [-0.2, -0.15) is 0 Å². The van der Waals surface area contributed by atoms with Crippen molar-refractivity contribution in [2.75, 3.05) is 19.6 Å². The number of hydrogen-bond donors (Lipinski definition) is 0. The smallest absolute Gasteiger partial charge is 0.119 e. The van der Waals surface area contributed by atoms with Gasteiger partial charge in [-0.15, -0.1) is 11.6 Å². The number of rotatable bonds is 4. The largest absolute Gasteiger partial charge is 0.497 e. The summed E-state index contributed by atoms with van der Waals surface area (Å²) in [7, 11) is 1.69. The van der Waals surface area contributed by atoms with Crippen LogP contribution in [-0.2, 0) is 11.2 Å². The van der Waals surface area contributed by atoms with E-state index in [0.717, 1.165) is 25.2 Å². The summed E-state index contributed by atoms with van der Waals surface area (Å²) in [5.74, 6) is 1.55. The number of alkyl halides is 1. The second kappa shape index (κ2) is 5.28. The van der Waals surface area contributed by atoms with Crippen molar-refractivity contribution in [2.24, 2.45) is 5.41 Å². The third-order valence-corrected chi connectivity index (χ3v) is 4.32. The highest BCUT2D eigenvalue weighted by atomic mass is 35.5. The van der Waals surface area contributed by atoms with Crippen LogP contribution in [0.15, 0.2) is 24.3 Å². The van der Waals surface area contributed by atoms with Crippen LogP contribution in [0.3, 0.4) is 0 Å². The molecular formula is C14H19ClO2. The first kappa shape index (κ1) is 12.7. The first-order valence-electron chi connectivity index (χ1n) is 6.01. The summed E-state index contributed by atoms with van der Waals surface area (Å²) in [6.07, 6.45) is 2.22. The van der Waals surface area contributed by atoms with Gasteiger partial charge in [-0.1, -0.05) is 12.1 Å². The molecule has 0 N–H and O–H groups in total. The van der Waals surface area contributed by atoms with Gasteiger partial charge in [0.25, 0.3) is 0 Å². The van der Waals surface area contributed by atoms with E-state index in [4.69, 9.17) is 21.1 Å². The Morgan fingerprint density at radius 1 is 1.53 bits per heavy atom. The zero-order valence-corrected chi connectivity index (χ0v) is 11.2. The van der Waals surface area contributed by atoms with Crippen molar-refractivity contribution >= 4 is 11.6 Å². The Bertz CT molecular complexity index is 380. The molecule has 1 saturated heterocycles. The van der Waals surface area contributed by atoms with Crippen molar-refractivity contribution in [3.8, 4) is 5.75 Å². The molecule has 0 aliphatic carbocycles. The molecule has 17 heavy (non-hydrogen) atoms. The minimum absolute atomic E-state index is 0.0773. The summed E-state index contributed by atoms with van der Waals surface area (Å²) in [6.45, 7) is 2.94. The average Bonchev–Trinajstić information content (AvgIpc) is 2.71. The minimum Gasteiger partial charge on any atom is -0.497 e. The quantitative estimate of drug-likeness (QED) is 0.768. The van der Waals surface area contributed by atoms with Crippen molar-refractivity contribution in [3.05, 3.63) is 29.8 Å². The van der Waals surface area contributed by atoms with Crippen LogP contribution in [0.5, 0.6) is 5.75 Å². The molecular weight excluding hydrogens is 236 g/mol. The number of benzene rings is 1. The Kier molecular flexibility index (Phi) is 3.95. The third kappa shape index (κ3) is 2.58. The maximum Gasteiger partial charge on any atom is 0.119 e. The fourth-order valence-corrected chi connectivity index (χ4v) is 2.91. The predicted octanol–water partition coefficient (Wildman–Crippen LogP) is 3.27. The lowest BCUT2D eigenvalue weighted by Gasteiger charge is -2.30. The first-order valence-corrected chi connectivity index (χ1v) is 6.54. The van der Waals surface area contributed by atoms with Crippen LogP contribution in [0.1, 0.15) is 18.9 Å². The highest BCUT2D eigenvalue weighted by molar-refractivity contribution is 6.18. The van der Waals surface area contributed by atoms with Gasteiger partial charge >= 0.3 is 0 Å². The van der Waals surface area contributed by atoms with Crippen LogP contribution < -0.4 is 4.74 Å². The monoisotopic (exact) mass is 254 g/mol. The lowest BCUT2D eigenvalue weighted by molar-refractivity contribution is 0.0735. The van der Waals surface area contributed by atoms with E-state index in [9.17, 15) is 0 Å². The minimum atomic E-state index is 0.0773. The van der Waals surface area contributed by atoms with Crippen LogP contribution in [0.2, 0.25) is 0 Å². The molecule has 0 spiro atoms. The molecule has 1 aliphatic rings. The van der Waals surface area contributed by atoms with E-state index in [0.29, 0.717) is 5.88 Å². The van der Waals surface area contributed by atoms with Gasteiger partial charge < -0.3 is 9.47 Å². The van der Waals surface area contributed by atoms with Gasteiger partial charge in [0.15, 0.2) is 0 Å². The normalized spacial score (nSPS) is 28.3. The molecule has 0 amide bonds. The van der Waals surface area contributed by atoms with Gasteiger partial charge in [-0.05, 0) is 37.5 Å². The number of methoxy groups -OCH3 is 1. The average molecular weight is 255 g/mol. The van der Waals surface area contributed by atoms with Crippen molar-refractivity contribution in [1.29, 1.82) is 0 Å². The summed E-state index contributed by atoms with van der Waals surface area (Å²) in [5, 5.41) is 0. The Hall–Kier alpha value is -0.730. The molecule has 0 aromatic heterocycles. The summed E-state index contributed by atoms with van der Waals surface area (Å²) >= 11 is 6.17. The number of ether oxygens (including phenoxy) is 2. The topological polar surface area (TPSA) is 18.5 Å². The van der Waals surface area contributed by atoms with E-state index in [1.165, 1.54) is 5.56 Å². The molecule has 1 aromatic rings. The molecule has 2 nitrogen and oxygen atoms in total. The second-order valence-corrected chi connectivity index (χ2v) is 5.05. The van der Waals surface area contributed by atoms with Crippen LogP contribution in [0.4, 0.5) is 0 Å². The molecule has 0 radical (unpaired) electrons. The lowest BCUT2D eigenvalue weighted by Crippen LogP contribution is -2.33. The zero-order valence-electron chi connectivity index (χ0n) is 10.4. The first-order chi connectivity index (χ1) is 8.20. The molecule has 1 aliphatic heterocycles. The van der Waals surface area contributed by atoms with Crippen LogP contribution in [0.25, 0.3) is 0 Å². The van der Waals surface area contributed by atoms with E-state index in [1.807, 2.05) is 12.1 Å². The van der Waals surface area contributed by atoms with Crippen molar-refractivity contribution in [2.45, 2.75) is 25.9 Å². The molecule has 3 heteroatoms. The van der Waals surface area contributed by atoms with E-state index in [2.05, 4.69) is 19.1 Å². The molecule has 2 unspecified atom stereocenters. The molecule has 2 rings (SSSR count). The van der Waals surface area contributed by atoms with Crippen molar-refractivity contribution in [1.82, 2.24) is 0 Å². The van der Waals surface area contributed by atoms with E-state index >= 15 is 0 Å². The highest BCUT2D eigenvalue weighted by Crippen LogP contribution is 2.39. The molecule has 2 atom stereocenters. The Balaban J connectivity index is 2.18. The predicted molar refractivity (Wildman–Crippen MR) is 69.9 cm³/mol. The number of hydrogen-bond acceptors (Lipinski definition) is 2. The molecule has 0 bridgehead atoms. The summed E-state index contributed by atoms with van der Waals surface area (Å²) in [4.78, 5) is 0. The van der Waals surface area contributed by atoms with Crippen molar-refractivity contribution < 1.29 is 9.47 Å². The molecule has 1 fully saturated rings. The Labute approximate surface area is 108 Å². The molecule has 1 heterocycles. The highest BCUT2D eigenvalue weighted by Gasteiger charge is 2.40. The van der Waals surface area contributed by atoms with Crippen LogP contribution in [0, 0.1) is 5.41 Å². The molecule has 0 saturated carbocycles. The maximum absolute atomic E-state index is 6.17. The summed E-state index contributed by atoms with van der Waals surface area (Å²) < 4.78 is 10.9. The lowest BCUT2D eigenvalue weighted by atomic mass is 9.78. The fourth-order valence-electron chi connectivity index (χ4n) is 2.46. The van der Waals surface area contributed by atoms with Crippen molar-refractivity contribution in [3.63, 3.8) is 0 Å². The van der Waals surface area contributed by atoms with Gasteiger partial charge in [-0.3, -0.25) is 0 Å². The van der Waals surface area contributed by atoms with Gasteiger partial charge in [0.1, 0.15) is 5.75 Å². The number of halogens is 1. The van der Waals surface area contributed by atoms with Gasteiger partial charge in [0.05, 0.1) is 13.2 Å². The third-order valence-electron chi connectivity index (χ3n) is 3.79. The maximum atomic E-state index is 6.17. The molecule has 94 valence electrons. The van der Waals surface area contributed by atoms with Crippen LogP contribution >= 0.6 is 11.6 Å². The van der Waals surface area contributed by atoms with Crippen LogP contribution in [-0.4, -0.2) is 25.7 Å². The van der Waals surface area contributed by atoms with Gasteiger partial charge in [0.2, 0.25) is 0 Å². The summed E-state index contributed by atoms with van der Waals surface area (Å²) in [6, 6.07) is 8.20. The van der Waals surface area contributed by atoms with E-state index < -0.39 is 0 Å². The van der Waals surface area contributed by atoms with E-state index in [-0.39, 0.29) is 11.5 Å². The van der Waals surface area contributed by atoms with E-state index in [1.54, 1.807) is 7.11 Å². The molecule has 1 aromatic carbocycles. The summed E-state index contributed by atoms with van der Waals surface area (Å²) in [5.41, 5.74) is 1.34. The van der Waals surface area contributed by atoms with Gasteiger partial charge in [0, 0.05) is 17.9 Å². The standard InChI is InChI=1S/C14H19ClO2/c1-11-14(10-15,6-7-17-11)9-12-4-3-5-13(8-12)16-2/h3-5,8,11H,6-7,9-10H2,1-2H3. The zero-order chi connectivity index (χ0) is 12.3. The second-order valence-electron chi connectivity index (χ2n) is 4.79. The van der Waals surface area contributed by atoms with Gasteiger partial charge in [-0.25, -0.2) is 0 Å². The SMILES string of the molecule is COc1cccc(CC2(CCl)CCOC2C)c1.